The highest BCUT2D eigenvalue weighted by atomic mass is 32.1. The summed E-state index contributed by atoms with van der Waals surface area (Å²) in [5.74, 6) is -0.0971. The van der Waals surface area contributed by atoms with Gasteiger partial charge in [0.25, 0.3) is 0 Å². The summed E-state index contributed by atoms with van der Waals surface area (Å²) in [5, 5.41) is 4.62. The Balaban J connectivity index is 1.92. The summed E-state index contributed by atoms with van der Waals surface area (Å²) in [7, 11) is 0. The molecule has 4 nitrogen and oxygen atoms in total. The Morgan fingerprint density at radius 3 is 2.50 bits per heavy atom. The molecular weight excluding hydrogens is 296 g/mol. The lowest BCUT2D eigenvalue weighted by Gasteiger charge is -2.05. The molecule has 0 radical (unpaired) electrons. The standard InChI is InChI=1S/C17H14N2O2S/c1-11(20)19-13-6-4-12(5-7-13)14-9-18-10-15(14)17(21)16-3-2-8-22-16/h2-10,18H,1H3,(H,19,20). The maximum atomic E-state index is 12.5. The van der Waals surface area contributed by atoms with E-state index in [0.29, 0.717) is 5.56 Å². The summed E-state index contributed by atoms with van der Waals surface area (Å²) in [5.41, 5.74) is 3.16. The lowest BCUT2D eigenvalue weighted by Crippen LogP contribution is -2.05. The molecule has 0 bridgehead atoms. The van der Waals surface area contributed by atoms with Crippen molar-refractivity contribution in [1.29, 1.82) is 0 Å². The second-order valence-corrected chi connectivity index (χ2v) is 5.80. The highest BCUT2D eigenvalue weighted by Gasteiger charge is 2.16. The summed E-state index contributed by atoms with van der Waals surface area (Å²) >= 11 is 1.43. The summed E-state index contributed by atoms with van der Waals surface area (Å²) in [6, 6.07) is 11.1. The number of carbonyl (C=O) groups is 2. The van der Waals surface area contributed by atoms with Gasteiger partial charge >= 0.3 is 0 Å². The van der Waals surface area contributed by atoms with Crippen LogP contribution in [0.4, 0.5) is 5.69 Å². The van der Waals surface area contributed by atoms with Gasteiger partial charge < -0.3 is 10.3 Å². The summed E-state index contributed by atoms with van der Waals surface area (Å²) in [6.07, 6.45) is 3.54. The Bertz CT molecular complexity index is 802. The molecule has 0 unspecified atom stereocenters. The van der Waals surface area contributed by atoms with Gasteiger partial charge in [-0.2, -0.15) is 0 Å². The van der Waals surface area contributed by atoms with Gasteiger partial charge in [-0.05, 0) is 29.1 Å². The molecule has 3 rings (SSSR count). The van der Waals surface area contributed by atoms with Gasteiger partial charge in [-0.3, -0.25) is 9.59 Å². The number of carbonyl (C=O) groups excluding carboxylic acids is 2. The van der Waals surface area contributed by atoms with E-state index < -0.39 is 0 Å². The maximum absolute atomic E-state index is 12.5. The first-order valence-corrected chi connectivity index (χ1v) is 7.66. The molecule has 1 aromatic carbocycles. The number of aromatic amines is 1. The number of nitrogens with one attached hydrogen (secondary N) is 2. The lowest BCUT2D eigenvalue weighted by molar-refractivity contribution is -0.114. The van der Waals surface area contributed by atoms with Crippen molar-refractivity contribution >= 4 is 28.7 Å². The fraction of sp³-hybridized carbons (Fsp3) is 0.0588. The molecule has 22 heavy (non-hydrogen) atoms. The van der Waals surface area contributed by atoms with E-state index in [1.807, 2.05) is 48.0 Å². The molecule has 0 atom stereocenters. The number of H-pyrrole nitrogens is 1. The number of hydrogen-bond acceptors (Lipinski definition) is 3. The van der Waals surface area contributed by atoms with Gasteiger partial charge in [-0.1, -0.05) is 18.2 Å². The topological polar surface area (TPSA) is 62.0 Å². The fourth-order valence-corrected chi connectivity index (χ4v) is 2.95. The molecule has 5 heteroatoms. The minimum absolute atomic E-state index is 0.0113. The molecule has 0 spiro atoms. The van der Waals surface area contributed by atoms with Crippen molar-refractivity contribution in [1.82, 2.24) is 4.98 Å². The number of thiophene rings is 1. The third-order valence-electron chi connectivity index (χ3n) is 3.25. The van der Waals surface area contributed by atoms with Gasteiger partial charge in [0.2, 0.25) is 11.7 Å². The Kier molecular flexibility index (Phi) is 3.89. The van der Waals surface area contributed by atoms with Crippen molar-refractivity contribution in [3.8, 4) is 11.1 Å². The van der Waals surface area contributed by atoms with Gasteiger partial charge in [0.1, 0.15) is 0 Å². The fourth-order valence-electron chi connectivity index (χ4n) is 2.27. The average molecular weight is 310 g/mol. The van der Waals surface area contributed by atoms with Gasteiger partial charge in [-0.25, -0.2) is 0 Å². The van der Waals surface area contributed by atoms with Crippen LogP contribution in [0.5, 0.6) is 0 Å². The molecular formula is C17H14N2O2S. The molecule has 2 aromatic heterocycles. The van der Waals surface area contributed by atoms with Crippen LogP contribution >= 0.6 is 11.3 Å². The van der Waals surface area contributed by atoms with Crippen LogP contribution < -0.4 is 5.32 Å². The van der Waals surface area contributed by atoms with E-state index in [-0.39, 0.29) is 11.7 Å². The van der Waals surface area contributed by atoms with E-state index >= 15 is 0 Å². The molecule has 0 fully saturated rings. The zero-order valence-electron chi connectivity index (χ0n) is 11.9. The van der Waals surface area contributed by atoms with Gasteiger partial charge in [-0.15, -0.1) is 11.3 Å². The minimum atomic E-state index is -0.108. The second kappa shape index (κ2) is 5.99. The zero-order valence-corrected chi connectivity index (χ0v) is 12.7. The van der Waals surface area contributed by atoms with Crippen molar-refractivity contribution in [2.75, 3.05) is 5.32 Å². The summed E-state index contributed by atoms with van der Waals surface area (Å²) in [4.78, 5) is 27.3. The molecule has 2 heterocycles. The van der Waals surface area contributed by atoms with Crippen molar-refractivity contribution < 1.29 is 9.59 Å². The van der Waals surface area contributed by atoms with Crippen molar-refractivity contribution in [3.63, 3.8) is 0 Å². The van der Waals surface area contributed by atoms with E-state index in [0.717, 1.165) is 21.7 Å². The molecule has 110 valence electrons. The van der Waals surface area contributed by atoms with E-state index in [2.05, 4.69) is 10.3 Å². The summed E-state index contributed by atoms with van der Waals surface area (Å²) < 4.78 is 0. The van der Waals surface area contributed by atoms with Gasteiger partial charge in [0.15, 0.2) is 0 Å². The van der Waals surface area contributed by atoms with Crippen LogP contribution in [0.1, 0.15) is 22.2 Å². The van der Waals surface area contributed by atoms with Crippen LogP contribution in [0.3, 0.4) is 0 Å². The van der Waals surface area contributed by atoms with Crippen LogP contribution in [0, 0.1) is 0 Å². The predicted molar refractivity (Wildman–Crippen MR) is 88.3 cm³/mol. The quantitative estimate of drug-likeness (QED) is 0.717. The van der Waals surface area contributed by atoms with Crippen LogP contribution in [0.15, 0.2) is 54.2 Å². The number of rotatable bonds is 4. The van der Waals surface area contributed by atoms with Crippen LogP contribution in [0.25, 0.3) is 11.1 Å². The Hall–Kier alpha value is -2.66. The van der Waals surface area contributed by atoms with Crippen molar-refractivity contribution in [2.45, 2.75) is 6.92 Å². The monoisotopic (exact) mass is 310 g/mol. The zero-order chi connectivity index (χ0) is 15.5. The molecule has 0 aliphatic heterocycles. The smallest absolute Gasteiger partial charge is 0.221 e. The third-order valence-corrected chi connectivity index (χ3v) is 4.12. The number of hydrogen-bond donors (Lipinski definition) is 2. The lowest BCUT2D eigenvalue weighted by atomic mass is 10.0. The molecule has 0 saturated heterocycles. The normalized spacial score (nSPS) is 10.4. The maximum Gasteiger partial charge on any atom is 0.221 e. The van der Waals surface area contributed by atoms with Crippen molar-refractivity contribution in [3.05, 3.63) is 64.6 Å². The molecule has 0 aliphatic rings. The third kappa shape index (κ3) is 2.84. The number of anilines is 1. The van der Waals surface area contributed by atoms with E-state index in [9.17, 15) is 9.59 Å². The Morgan fingerprint density at radius 2 is 1.86 bits per heavy atom. The largest absolute Gasteiger partial charge is 0.366 e. The Labute approximate surface area is 131 Å². The van der Waals surface area contributed by atoms with Gasteiger partial charge in [0.05, 0.1) is 4.88 Å². The van der Waals surface area contributed by atoms with E-state index in [4.69, 9.17) is 0 Å². The van der Waals surface area contributed by atoms with Crippen LogP contribution in [-0.4, -0.2) is 16.7 Å². The summed E-state index contributed by atoms with van der Waals surface area (Å²) in [6.45, 7) is 1.47. The average Bonchev–Trinajstić information content (AvgIpc) is 3.18. The number of amides is 1. The first kappa shape index (κ1) is 14.3. The first-order chi connectivity index (χ1) is 10.6. The molecule has 1 amide bonds. The molecule has 0 aliphatic carbocycles. The highest BCUT2D eigenvalue weighted by molar-refractivity contribution is 7.12. The molecule has 0 saturated carbocycles. The number of benzene rings is 1. The van der Waals surface area contributed by atoms with Crippen LogP contribution in [-0.2, 0) is 4.79 Å². The van der Waals surface area contributed by atoms with E-state index in [1.54, 1.807) is 6.20 Å². The van der Waals surface area contributed by atoms with Crippen LogP contribution in [0.2, 0.25) is 0 Å². The second-order valence-electron chi connectivity index (χ2n) is 4.85. The SMILES string of the molecule is CC(=O)Nc1ccc(-c2c[nH]cc2C(=O)c2cccs2)cc1. The number of aromatic nitrogens is 1. The number of ketones is 1. The van der Waals surface area contributed by atoms with E-state index in [1.165, 1.54) is 18.3 Å². The Morgan fingerprint density at radius 1 is 1.09 bits per heavy atom. The minimum Gasteiger partial charge on any atom is -0.366 e. The molecule has 3 aromatic rings. The van der Waals surface area contributed by atoms with Crippen molar-refractivity contribution in [2.24, 2.45) is 0 Å². The first-order valence-electron chi connectivity index (χ1n) is 6.78. The predicted octanol–water partition coefficient (Wildman–Crippen LogP) is 3.93. The van der Waals surface area contributed by atoms with Gasteiger partial charge in [0, 0.05) is 36.1 Å². The highest BCUT2D eigenvalue weighted by Crippen LogP contribution is 2.27. The molecule has 2 N–H and O–H groups in total.